The number of carbonyl (C=O) groups excluding carboxylic acids is 1. The summed E-state index contributed by atoms with van der Waals surface area (Å²) in [5.41, 5.74) is 1.25. The van der Waals surface area contributed by atoms with Crippen LogP contribution in [0.2, 0.25) is 0 Å². The normalized spacial score (nSPS) is 12.3. The number of anilines is 1. The maximum atomic E-state index is 12.7. The number of nitrogens with zero attached hydrogens (tertiary/aromatic N) is 2. The number of Topliss-reactive ketones (excluding diaryl/α,β-unsaturated/α-hetero) is 1. The van der Waals surface area contributed by atoms with Gasteiger partial charge < -0.3 is 15.2 Å². The van der Waals surface area contributed by atoms with Crippen LogP contribution in [-0.4, -0.2) is 39.7 Å². The largest absolute Gasteiger partial charge is 0.491 e. The Morgan fingerprint density at radius 2 is 1.62 bits per heavy atom. The highest BCUT2D eigenvalue weighted by molar-refractivity contribution is 5.96. The molecule has 0 saturated heterocycles. The molecular weight excluding hydrogens is 487 g/mol. The Morgan fingerprint density at radius 3 is 2.16 bits per heavy atom. The van der Waals surface area contributed by atoms with Gasteiger partial charge in [-0.15, -0.1) is 10.2 Å². The van der Waals surface area contributed by atoms with Crippen molar-refractivity contribution in [3.8, 4) is 17.0 Å². The fourth-order valence-electron chi connectivity index (χ4n) is 3.46. The Hall–Kier alpha value is -3.95. The summed E-state index contributed by atoms with van der Waals surface area (Å²) < 4.78 is 44.0. The maximum Gasteiger partial charge on any atom is 0.435 e. The van der Waals surface area contributed by atoms with Crippen LogP contribution < -0.4 is 10.1 Å². The van der Waals surface area contributed by atoms with Crippen molar-refractivity contribution in [1.82, 2.24) is 10.2 Å². The van der Waals surface area contributed by atoms with E-state index in [0.29, 0.717) is 35.6 Å². The molecule has 0 aliphatic rings. The summed E-state index contributed by atoms with van der Waals surface area (Å²) in [6.07, 6.45) is -4.08. The predicted octanol–water partition coefficient (Wildman–Crippen LogP) is 6.12. The van der Waals surface area contributed by atoms with Gasteiger partial charge in [-0.1, -0.05) is 13.8 Å². The molecule has 0 unspecified atom stereocenters. The number of halogens is 3. The Kier molecular flexibility index (Phi) is 9.21. The summed E-state index contributed by atoms with van der Waals surface area (Å²) in [6, 6.07) is 16.0. The summed E-state index contributed by atoms with van der Waals surface area (Å²) in [5, 5.41) is 19.0. The second-order valence-electron chi connectivity index (χ2n) is 8.88. The molecule has 0 spiro atoms. The number of carboxylic acids is 1. The number of rotatable bonds is 12. The first-order valence-electron chi connectivity index (χ1n) is 11.8. The molecule has 1 heterocycles. The fraction of sp³-hybridized carbons (Fsp3) is 0.333. The highest BCUT2D eigenvalue weighted by atomic mass is 19.4. The second-order valence-corrected chi connectivity index (χ2v) is 8.88. The first kappa shape index (κ1) is 27.6. The van der Waals surface area contributed by atoms with Crippen molar-refractivity contribution >= 4 is 17.4 Å². The van der Waals surface area contributed by atoms with Crippen LogP contribution in [0.5, 0.6) is 5.75 Å². The minimum Gasteiger partial charge on any atom is -0.491 e. The number of alkyl halides is 3. The lowest BCUT2D eigenvalue weighted by Gasteiger charge is -2.24. The predicted molar refractivity (Wildman–Crippen MR) is 132 cm³/mol. The van der Waals surface area contributed by atoms with E-state index in [1.54, 1.807) is 48.5 Å². The van der Waals surface area contributed by atoms with Crippen molar-refractivity contribution in [1.29, 1.82) is 0 Å². The second kappa shape index (κ2) is 12.3. The van der Waals surface area contributed by atoms with Gasteiger partial charge in [-0.25, -0.2) is 0 Å². The first-order valence-corrected chi connectivity index (χ1v) is 11.8. The molecule has 1 aromatic heterocycles. The number of hydrogen-bond acceptors (Lipinski definition) is 6. The summed E-state index contributed by atoms with van der Waals surface area (Å²) in [6.45, 7) is 4.45. The van der Waals surface area contributed by atoms with E-state index in [-0.39, 0.29) is 30.6 Å². The molecule has 0 saturated carbocycles. The number of carbonyl (C=O) groups is 2. The fourth-order valence-corrected chi connectivity index (χ4v) is 3.46. The molecule has 2 N–H and O–H groups in total. The zero-order chi connectivity index (χ0) is 27.0. The molecule has 3 aromatic rings. The number of aliphatic carboxylic acids is 1. The maximum absolute atomic E-state index is 12.7. The molecular formula is C27H28F3N3O4. The van der Waals surface area contributed by atoms with Gasteiger partial charge in [-0.2, -0.15) is 13.2 Å². The average molecular weight is 516 g/mol. The Bertz CT molecular complexity index is 1180. The van der Waals surface area contributed by atoms with Crippen molar-refractivity contribution in [3.63, 3.8) is 0 Å². The molecule has 10 heteroatoms. The number of ether oxygens (including phenoxy) is 1. The molecule has 0 radical (unpaired) electrons. The number of carboxylic acid groups (broad SMARTS) is 1. The summed E-state index contributed by atoms with van der Waals surface area (Å²) >= 11 is 0. The molecule has 7 nitrogen and oxygen atoms in total. The quantitative estimate of drug-likeness (QED) is 0.280. The molecule has 0 fully saturated rings. The lowest BCUT2D eigenvalue weighted by molar-refractivity contribution is -0.141. The number of benzene rings is 2. The lowest BCUT2D eigenvalue weighted by Crippen LogP contribution is -2.32. The van der Waals surface area contributed by atoms with Crippen molar-refractivity contribution < 1.29 is 32.6 Å². The number of aromatic nitrogens is 2. The SMILES string of the molecule is CC(C)[C@@H](COc1ccc(-c2ccc(C(F)(F)F)nn2)cc1)Nc1ccc(C(=O)CCCC(=O)O)cc1. The van der Waals surface area contributed by atoms with E-state index in [2.05, 4.69) is 15.5 Å². The Balaban J connectivity index is 1.55. The van der Waals surface area contributed by atoms with Crippen molar-refractivity contribution in [3.05, 3.63) is 71.9 Å². The third-order valence-electron chi connectivity index (χ3n) is 5.69. The van der Waals surface area contributed by atoms with Crippen molar-refractivity contribution in [2.75, 3.05) is 11.9 Å². The van der Waals surface area contributed by atoms with Crippen LogP contribution in [0.4, 0.5) is 18.9 Å². The van der Waals surface area contributed by atoms with E-state index < -0.39 is 17.8 Å². The zero-order valence-electron chi connectivity index (χ0n) is 20.5. The van der Waals surface area contributed by atoms with Gasteiger partial charge in [0.05, 0.1) is 11.7 Å². The third-order valence-corrected chi connectivity index (χ3v) is 5.69. The molecule has 1 atom stereocenters. The van der Waals surface area contributed by atoms with Gasteiger partial charge in [0.25, 0.3) is 0 Å². The van der Waals surface area contributed by atoms with Gasteiger partial charge in [0.15, 0.2) is 11.5 Å². The minimum absolute atomic E-state index is 0.0344. The topological polar surface area (TPSA) is 101 Å². The first-order chi connectivity index (χ1) is 17.5. The van der Waals surface area contributed by atoms with Gasteiger partial charge >= 0.3 is 12.1 Å². The van der Waals surface area contributed by atoms with E-state index >= 15 is 0 Å². The highest BCUT2D eigenvalue weighted by Gasteiger charge is 2.32. The van der Waals surface area contributed by atoms with Crippen LogP contribution in [-0.2, 0) is 11.0 Å². The van der Waals surface area contributed by atoms with Gasteiger partial charge in [0.2, 0.25) is 0 Å². The van der Waals surface area contributed by atoms with Gasteiger partial charge in [-0.3, -0.25) is 9.59 Å². The van der Waals surface area contributed by atoms with Crippen LogP contribution in [0.1, 0.15) is 49.2 Å². The number of nitrogens with one attached hydrogen (secondary N) is 1. The smallest absolute Gasteiger partial charge is 0.435 e. The van der Waals surface area contributed by atoms with Crippen LogP contribution >= 0.6 is 0 Å². The van der Waals surface area contributed by atoms with E-state index in [1.165, 1.54) is 6.07 Å². The van der Waals surface area contributed by atoms with Gasteiger partial charge in [0, 0.05) is 29.7 Å². The van der Waals surface area contributed by atoms with Gasteiger partial charge in [-0.05, 0) is 73.0 Å². The third kappa shape index (κ3) is 8.30. The molecule has 2 aromatic carbocycles. The Morgan fingerprint density at radius 1 is 0.946 bits per heavy atom. The van der Waals surface area contributed by atoms with Crippen molar-refractivity contribution in [2.45, 2.75) is 45.3 Å². The Labute approximate surface area is 212 Å². The van der Waals surface area contributed by atoms with Crippen LogP contribution in [0.3, 0.4) is 0 Å². The van der Waals surface area contributed by atoms with E-state index in [1.807, 2.05) is 13.8 Å². The average Bonchev–Trinajstić information content (AvgIpc) is 2.86. The monoisotopic (exact) mass is 515 g/mol. The molecule has 37 heavy (non-hydrogen) atoms. The van der Waals surface area contributed by atoms with E-state index in [4.69, 9.17) is 9.84 Å². The summed E-state index contributed by atoms with van der Waals surface area (Å²) in [7, 11) is 0. The number of ketones is 1. The van der Waals surface area contributed by atoms with Crippen molar-refractivity contribution in [2.24, 2.45) is 5.92 Å². The lowest BCUT2D eigenvalue weighted by atomic mass is 10.0. The highest BCUT2D eigenvalue weighted by Crippen LogP contribution is 2.28. The summed E-state index contributed by atoms with van der Waals surface area (Å²) in [5.74, 6) is -0.196. The van der Waals surface area contributed by atoms with Crippen LogP contribution in [0, 0.1) is 5.92 Å². The zero-order valence-corrected chi connectivity index (χ0v) is 20.5. The van der Waals surface area contributed by atoms with E-state index in [9.17, 15) is 22.8 Å². The van der Waals surface area contributed by atoms with Crippen LogP contribution in [0.25, 0.3) is 11.3 Å². The minimum atomic E-state index is -4.53. The summed E-state index contributed by atoms with van der Waals surface area (Å²) in [4.78, 5) is 22.8. The molecule has 3 rings (SSSR count). The van der Waals surface area contributed by atoms with E-state index in [0.717, 1.165) is 11.8 Å². The molecule has 0 aliphatic carbocycles. The molecule has 0 aliphatic heterocycles. The molecule has 0 amide bonds. The van der Waals surface area contributed by atoms with Crippen LogP contribution in [0.15, 0.2) is 60.7 Å². The standard InChI is InChI=1S/C27H28F3N3O4/c1-17(2)23(31-20-10-6-19(7-11-20)24(34)4-3-5-26(35)36)16-37-21-12-8-18(9-13-21)22-14-15-25(33-32-22)27(28,29)30/h6-15,17,23,31H,3-5,16H2,1-2H3,(H,35,36)/t23-/m1/s1. The number of hydrogen-bond donors (Lipinski definition) is 2. The molecule has 0 bridgehead atoms. The van der Waals surface area contributed by atoms with Gasteiger partial charge in [0.1, 0.15) is 12.4 Å². The molecule has 196 valence electrons.